The molecule has 2 amide bonds. The van der Waals surface area contributed by atoms with Gasteiger partial charge in [-0.3, -0.25) is 0 Å². The van der Waals surface area contributed by atoms with Crippen LogP contribution in [-0.2, 0) is 4.79 Å². The van der Waals surface area contributed by atoms with Crippen molar-refractivity contribution in [3.63, 3.8) is 0 Å². The lowest BCUT2D eigenvalue weighted by molar-refractivity contribution is -0.147. The van der Waals surface area contributed by atoms with E-state index in [1.807, 2.05) is 6.92 Å². The molecule has 2 N–H and O–H groups in total. The number of rotatable bonds is 5. The van der Waals surface area contributed by atoms with E-state index in [1.165, 1.54) is 30.6 Å². The van der Waals surface area contributed by atoms with E-state index < -0.39 is 11.5 Å². The quantitative estimate of drug-likeness (QED) is 0.813. The molecular formula is C15H26N2O3. The Balaban J connectivity index is 1.88. The molecule has 0 radical (unpaired) electrons. The molecule has 2 bridgehead atoms. The van der Waals surface area contributed by atoms with Crippen LogP contribution >= 0.6 is 0 Å². The van der Waals surface area contributed by atoms with Crippen molar-refractivity contribution in [1.82, 2.24) is 10.2 Å². The van der Waals surface area contributed by atoms with Gasteiger partial charge in [0.15, 0.2) is 0 Å². The number of carbonyl (C=O) groups excluding carboxylic acids is 1. The van der Waals surface area contributed by atoms with Crippen molar-refractivity contribution in [3.8, 4) is 0 Å². The van der Waals surface area contributed by atoms with Crippen LogP contribution in [0.3, 0.4) is 0 Å². The van der Waals surface area contributed by atoms with Gasteiger partial charge < -0.3 is 15.3 Å². The number of hydrogen-bond acceptors (Lipinski definition) is 2. The van der Waals surface area contributed by atoms with Gasteiger partial charge in [-0.2, -0.15) is 0 Å². The third kappa shape index (κ3) is 2.76. The Kier molecular flexibility index (Phi) is 4.25. The summed E-state index contributed by atoms with van der Waals surface area (Å²) in [7, 11) is 0. The summed E-state index contributed by atoms with van der Waals surface area (Å²) in [6.07, 6.45) is 5.18. The molecular weight excluding hydrogens is 256 g/mol. The Hall–Kier alpha value is -1.26. The predicted octanol–water partition coefficient (Wildman–Crippen LogP) is 2.32. The van der Waals surface area contributed by atoms with Crippen molar-refractivity contribution < 1.29 is 14.7 Å². The van der Waals surface area contributed by atoms with Gasteiger partial charge in [0.2, 0.25) is 0 Å². The van der Waals surface area contributed by atoms with Crippen LogP contribution in [0, 0.1) is 17.8 Å². The Morgan fingerprint density at radius 2 is 2.00 bits per heavy atom. The van der Waals surface area contributed by atoms with Gasteiger partial charge in [-0.25, -0.2) is 9.59 Å². The number of aliphatic carboxylic acids is 1. The second-order valence-corrected chi connectivity index (χ2v) is 6.73. The number of hydrogen-bond donors (Lipinski definition) is 2. The largest absolute Gasteiger partial charge is 0.480 e. The third-order valence-corrected chi connectivity index (χ3v) is 5.16. The predicted molar refractivity (Wildman–Crippen MR) is 76.4 cm³/mol. The first-order chi connectivity index (χ1) is 9.36. The van der Waals surface area contributed by atoms with Crippen molar-refractivity contribution in [2.45, 2.75) is 52.0 Å². The SMILES string of the molecule is CCN(C(=O)NCC1CC2CCC1C2)C(C)(C)C(=O)O. The zero-order chi connectivity index (χ0) is 14.9. The highest BCUT2D eigenvalue weighted by molar-refractivity contribution is 5.85. The van der Waals surface area contributed by atoms with E-state index in [1.54, 1.807) is 13.8 Å². The average Bonchev–Trinajstić information content (AvgIpc) is 2.98. The molecule has 2 saturated carbocycles. The van der Waals surface area contributed by atoms with Gasteiger partial charge in [0, 0.05) is 13.1 Å². The van der Waals surface area contributed by atoms with E-state index in [-0.39, 0.29) is 6.03 Å². The number of nitrogens with zero attached hydrogens (tertiary/aromatic N) is 1. The summed E-state index contributed by atoms with van der Waals surface area (Å²) in [6, 6.07) is -0.261. The number of fused-ring (bicyclic) bond motifs is 2. The van der Waals surface area contributed by atoms with Crippen LogP contribution in [0.15, 0.2) is 0 Å². The van der Waals surface area contributed by atoms with Crippen molar-refractivity contribution in [1.29, 1.82) is 0 Å². The highest BCUT2D eigenvalue weighted by Gasteiger charge is 2.40. The van der Waals surface area contributed by atoms with Crippen molar-refractivity contribution in [2.24, 2.45) is 17.8 Å². The van der Waals surface area contributed by atoms with Gasteiger partial charge in [-0.15, -0.1) is 0 Å². The summed E-state index contributed by atoms with van der Waals surface area (Å²) in [5.74, 6) is 1.24. The number of carboxylic acids is 1. The molecule has 0 aromatic heterocycles. The maximum atomic E-state index is 12.2. The van der Waals surface area contributed by atoms with Crippen LogP contribution < -0.4 is 5.32 Å². The molecule has 20 heavy (non-hydrogen) atoms. The van der Waals surface area contributed by atoms with E-state index in [9.17, 15) is 14.7 Å². The minimum atomic E-state index is -1.17. The molecule has 0 aliphatic heterocycles. The van der Waals surface area contributed by atoms with Crippen LogP contribution in [0.2, 0.25) is 0 Å². The monoisotopic (exact) mass is 282 g/mol. The highest BCUT2D eigenvalue weighted by Crippen LogP contribution is 2.47. The second-order valence-electron chi connectivity index (χ2n) is 6.73. The lowest BCUT2D eigenvalue weighted by Crippen LogP contribution is -2.56. The topological polar surface area (TPSA) is 69.6 Å². The highest BCUT2D eigenvalue weighted by atomic mass is 16.4. The summed E-state index contributed by atoms with van der Waals surface area (Å²) in [6.45, 7) is 6.02. The normalized spacial score (nSPS) is 28.4. The third-order valence-electron chi connectivity index (χ3n) is 5.16. The zero-order valence-corrected chi connectivity index (χ0v) is 12.7. The molecule has 0 saturated heterocycles. The molecule has 0 heterocycles. The summed E-state index contributed by atoms with van der Waals surface area (Å²) < 4.78 is 0. The van der Waals surface area contributed by atoms with Crippen LogP contribution in [0.25, 0.3) is 0 Å². The Morgan fingerprint density at radius 1 is 1.30 bits per heavy atom. The zero-order valence-electron chi connectivity index (χ0n) is 12.7. The fourth-order valence-corrected chi connectivity index (χ4v) is 3.85. The van der Waals surface area contributed by atoms with E-state index in [4.69, 9.17) is 0 Å². The lowest BCUT2D eigenvalue weighted by atomic mass is 9.89. The molecule has 0 spiro atoms. The van der Waals surface area contributed by atoms with Gasteiger partial charge in [0.1, 0.15) is 5.54 Å². The molecule has 0 aromatic carbocycles. The number of nitrogens with one attached hydrogen (secondary N) is 1. The molecule has 2 aliphatic rings. The fourth-order valence-electron chi connectivity index (χ4n) is 3.85. The average molecular weight is 282 g/mol. The first-order valence-corrected chi connectivity index (χ1v) is 7.65. The van der Waals surface area contributed by atoms with Gasteiger partial charge in [-0.1, -0.05) is 6.42 Å². The lowest BCUT2D eigenvalue weighted by Gasteiger charge is -2.34. The fraction of sp³-hybridized carbons (Fsp3) is 0.867. The van der Waals surface area contributed by atoms with E-state index >= 15 is 0 Å². The molecule has 2 aliphatic carbocycles. The minimum Gasteiger partial charge on any atom is -0.480 e. The Bertz CT molecular complexity index is 395. The number of likely N-dealkylation sites (N-methyl/N-ethyl adjacent to an activating group) is 1. The second kappa shape index (κ2) is 5.62. The summed E-state index contributed by atoms with van der Waals surface area (Å²) in [5.41, 5.74) is -1.17. The smallest absolute Gasteiger partial charge is 0.329 e. The summed E-state index contributed by atoms with van der Waals surface area (Å²) >= 11 is 0. The number of amides is 2. The summed E-state index contributed by atoms with van der Waals surface area (Å²) in [5, 5.41) is 12.2. The molecule has 2 rings (SSSR count). The van der Waals surface area contributed by atoms with Crippen LogP contribution in [0.5, 0.6) is 0 Å². The number of carbonyl (C=O) groups is 2. The van der Waals surface area contributed by atoms with Gasteiger partial charge in [0.05, 0.1) is 0 Å². The van der Waals surface area contributed by atoms with Crippen molar-refractivity contribution in [2.75, 3.05) is 13.1 Å². The Labute approximate surface area is 120 Å². The van der Waals surface area contributed by atoms with Gasteiger partial charge >= 0.3 is 12.0 Å². The first kappa shape index (κ1) is 15.1. The van der Waals surface area contributed by atoms with E-state index in [0.717, 1.165) is 11.8 Å². The first-order valence-electron chi connectivity index (χ1n) is 7.65. The van der Waals surface area contributed by atoms with Gasteiger partial charge in [-0.05, 0) is 57.8 Å². The standard InChI is InChI=1S/C15H26N2O3/c1-4-17(15(2,3)13(18)19)14(20)16-9-12-8-10-5-6-11(12)7-10/h10-12H,4-9H2,1-3H3,(H,16,20)(H,18,19). The van der Waals surface area contributed by atoms with Gasteiger partial charge in [0.25, 0.3) is 0 Å². The van der Waals surface area contributed by atoms with E-state index in [0.29, 0.717) is 19.0 Å². The number of urea groups is 1. The van der Waals surface area contributed by atoms with Crippen molar-refractivity contribution >= 4 is 12.0 Å². The van der Waals surface area contributed by atoms with Crippen LogP contribution in [-0.4, -0.2) is 40.6 Å². The summed E-state index contributed by atoms with van der Waals surface area (Å²) in [4.78, 5) is 24.9. The molecule has 2 fully saturated rings. The van der Waals surface area contributed by atoms with E-state index in [2.05, 4.69) is 5.32 Å². The van der Waals surface area contributed by atoms with Crippen molar-refractivity contribution in [3.05, 3.63) is 0 Å². The maximum Gasteiger partial charge on any atom is 0.329 e. The minimum absolute atomic E-state index is 0.261. The molecule has 0 aromatic rings. The molecule has 114 valence electrons. The molecule has 5 nitrogen and oxygen atoms in total. The molecule has 5 heteroatoms. The maximum absolute atomic E-state index is 12.2. The number of carboxylic acid groups (broad SMARTS) is 1. The van der Waals surface area contributed by atoms with Crippen LogP contribution in [0.4, 0.5) is 4.79 Å². The van der Waals surface area contributed by atoms with Crippen LogP contribution in [0.1, 0.15) is 46.5 Å². The Morgan fingerprint density at radius 3 is 2.45 bits per heavy atom. The molecule has 3 atom stereocenters. The molecule has 3 unspecified atom stereocenters.